The molecule has 2 aromatic carbocycles. The highest BCUT2D eigenvalue weighted by atomic mass is 35.5. The van der Waals surface area contributed by atoms with Gasteiger partial charge in [-0.2, -0.15) is 0 Å². The third-order valence-electron chi connectivity index (χ3n) is 3.00. The average Bonchev–Trinajstić information content (AvgIpc) is 2.79. The highest BCUT2D eigenvalue weighted by Crippen LogP contribution is 2.35. The summed E-state index contributed by atoms with van der Waals surface area (Å²) in [4.78, 5) is 4.68. The summed E-state index contributed by atoms with van der Waals surface area (Å²) in [5, 5.41) is 1.69. The molecule has 0 aliphatic carbocycles. The predicted octanol–water partition coefficient (Wildman–Crippen LogP) is 5.11. The molecule has 0 atom stereocenters. The Labute approximate surface area is 115 Å². The fraction of sp³-hybridized carbons (Fsp3) is 0.0667. The number of fused-ring (bicyclic) bond motifs is 1. The summed E-state index contributed by atoms with van der Waals surface area (Å²) in [6, 6.07) is 12.0. The van der Waals surface area contributed by atoms with E-state index in [0.29, 0.717) is 0 Å². The summed E-state index contributed by atoms with van der Waals surface area (Å²) in [6.45, 7) is 6.14. The molecule has 0 fully saturated rings. The normalized spacial score (nSPS) is 11.1. The fourth-order valence-electron chi connectivity index (χ4n) is 1.90. The van der Waals surface area contributed by atoms with Crippen LogP contribution in [0, 0.1) is 13.8 Å². The molecule has 0 unspecified atom stereocenters. The number of aromatic nitrogens is 1. The molecule has 0 aliphatic heterocycles. The number of thiazole rings is 1. The van der Waals surface area contributed by atoms with Gasteiger partial charge in [-0.3, -0.25) is 0 Å². The van der Waals surface area contributed by atoms with Crippen LogP contribution in [-0.4, -0.2) is 4.98 Å². The van der Waals surface area contributed by atoms with E-state index >= 15 is 0 Å². The molecule has 0 N–H and O–H groups in total. The van der Waals surface area contributed by atoms with Gasteiger partial charge in [-0.1, -0.05) is 35.9 Å². The van der Waals surface area contributed by atoms with Crippen molar-refractivity contribution in [2.24, 2.45) is 0 Å². The van der Waals surface area contributed by atoms with Crippen molar-refractivity contribution in [1.82, 2.24) is 4.98 Å². The lowest BCUT2D eigenvalue weighted by atomic mass is 10.1. The maximum atomic E-state index is 6.21. The lowest BCUT2D eigenvalue weighted by Crippen LogP contribution is -1.82. The van der Waals surface area contributed by atoms with E-state index in [-0.39, 0.29) is 0 Å². The van der Waals surface area contributed by atoms with Gasteiger partial charge in [0.25, 0.3) is 0 Å². The van der Waals surface area contributed by atoms with E-state index in [1.807, 2.05) is 24.3 Å². The summed E-state index contributed by atoms with van der Waals surface area (Å²) in [6.07, 6.45) is 0. The largest absolute Gasteiger partial charge is 0.236 e. The molecule has 89 valence electrons. The third-order valence-corrected chi connectivity index (χ3v) is 4.39. The van der Waals surface area contributed by atoms with Crippen LogP contribution in [0.1, 0.15) is 11.1 Å². The van der Waals surface area contributed by atoms with E-state index < -0.39 is 0 Å². The van der Waals surface area contributed by atoms with Crippen molar-refractivity contribution >= 4 is 33.2 Å². The average molecular weight is 273 g/mol. The molecule has 18 heavy (non-hydrogen) atoms. The van der Waals surface area contributed by atoms with E-state index in [9.17, 15) is 0 Å². The molecule has 0 saturated heterocycles. The van der Waals surface area contributed by atoms with Crippen LogP contribution in [0.25, 0.3) is 20.8 Å². The van der Waals surface area contributed by atoms with E-state index in [2.05, 4.69) is 31.0 Å². The number of hydrogen-bond donors (Lipinski definition) is 0. The van der Waals surface area contributed by atoms with Crippen LogP contribution in [-0.2, 0) is 0 Å². The number of halogens is 1. The molecule has 0 saturated carbocycles. The van der Waals surface area contributed by atoms with E-state index in [0.717, 1.165) is 31.4 Å². The molecular formula is C15H11ClNS. The fourth-order valence-corrected chi connectivity index (χ4v) is 3.22. The molecule has 3 aromatic rings. The van der Waals surface area contributed by atoms with Crippen molar-refractivity contribution in [2.45, 2.75) is 6.92 Å². The number of aryl methyl sites for hydroxylation is 1. The molecule has 1 aromatic heterocycles. The first-order valence-electron chi connectivity index (χ1n) is 5.64. The Morgan fingerprint density at radius 2 is 1.94 bits per heavy atom. The van der Waals surface area contributed by atoms with Crippen molar-refractivity contribution in [3.05, 3.63) is 59.5 Å². The molecule has 0 spiro atoms. The first-order chi connectivity index (χ1) is 8.66. The molecular weight excluding hydrogens is 262 g/mol. The summed E-state index contributed by atoms with van der Waals surface area (Å²) in [5.74, 6) is 0. The summed E-state index contributed by atoms with van der Waals surface area (Å²) >= 11 is 7.86. The Bertz CT molecular complexity index is 730. The minimum Gasteiger partial charge on any atom is -0.236 e. The van der Waals surface area contributed by atoms with Gasteiger partial charge in [0.15, 0.2) is 0 Å². The van der Waals surface area contributed by atoms with Gasteiger partial charge >= 0.3 is 0 Å². The monoisotopic (exact) mass is 272 g/mol. The molecule has 0 bridgehead atoms. The maximum Gasteiger partial charge on any atom is 0.126 e. The van der Waals surface area contributed by atoms with Crippen molar-refractivity contribution in [3.63, 3.8) is 0 Å². The van der Waals surface area contributed by atoms with Gasteiger partial charge in [0, 0.05) is 5.56 Å². The van der Waals surface area contributed by atoms with E-state index in [1.165, 1.54) is 5.56 Å². The van der Waals surface area contributed by atoms with Gasteiger partial charge in [-0.05, 0) is 37.1 Å². The number of rotatable bonds is 1. The van der Waals surface area contributed by atoms with Crippen LogP contribution < -0.4 is 0 Å². The minimum atomic E-state index is 0.735. The molecule has 1 nitrogen and oxygen atoms in total. The Morgan fingerprint density at radius 1 is 1.17 bits per heavy atom. The van der Waals surface area contributed by atoms with Gasteiger partial charge in [0.1, 0.15) is 5.01 Å². The number of hydrogen-bond acceptors (Lipinski definition) is 2. The Morgan fingerprint density at radius 3 is 2.72 bits per heavy atom. The maximum absolute atomic E-state index is 6.21. The summed E-state index contributed by atoms with van der Waals surface area (Å²) < 4.78 is 1.15. The smallest absolute Gasteiger partial charge is 0.126 e. The molecule has 0 aliphatic rings. The minimum absolute atomic E-state index is 0.735. The van der Waals surface area contributed by atoms with Crippen molar-refractivity contribution in [3.8, 4) is 10.6 Å². The van der Waals surface area contributed by atoms with Crippen LogP contribution in [0.2, 0.25) is 5.02 Å². The molecule has 3 rings (SSSR count). The van der Waals surface area contributed by atoms with Crippen LogP contribution in [0.3, 0.4) is 0 Å². The summed E-state index contributed by atoms with van der Waals surface area (Å²) in [5.41, 5.74) is 4.13. The summed E-state index contributed by atoms with van der Waals surface area (Å²) in [7, 11) is 0. The van der Waals surface area contributed by atoms with Crippen LogP contribution >= 0.6 is 22.9 Å². The Balaban J connectivity index is 2.26. The third kappa shape index (κ3) is 1.82. The zero-order chi connectivity index (χ0) is 12.7. The highest BCUT2D eigenvalue weighted by molar-refractivity contribution is 7.21. The molecule has 0 amide bonds. The van der Waals surface area contributed by atoms with Gasteiger partial charge in [0.05, 0.1) is 15.2 Å². The lowest BCUT2D eigenvalue weighted by molar-refractivity contribution is 1.40. The second kappa shape index (κ2) is 4.38. The zero-order valence-corrected chi connectivity index (χ0v) is 11.5. The van der Waals surface area contributed by atoms with Crippen LogP contribution in [0.4, 0.5) is 0 Å². The number of benzene rings is 2. The van der Waals surface area contributed by atoms with Gasteiger partial charge in [-0.15, -0.1) is 11.3 Å². The van der Waals surface area contributed by atoms with E-state index in [1.54, 1.807) is 11.3 Å². The number of nitrogens with zero attached hydrogens (tertiary/aromatic N) is 1. The van der Waals surface area contributed by atoms with Crippen molar-refractivity contribution in [1.29, 1.82) is 0 Å². The van der Waals surface area contributed by atoms with Gasteiger partial charge in [0.2, 0.25) is 0 Å². The van der Waals surface area contributed by atoms with Gasteiger partial charge < -0.3 is 0 Å². The Hall–Kier alpha value is -1.38. The topological polar surface area (TPSA) is 12.9 Å². The Kier molecular flexibility index (Phi) is 2.84. The first kappa shape index (κ1) is 11.7. The molecule has 1 radical (unpaired) electrons. The lowest BCUT2D eigenvalue weighted by Gasteiger charge is -1.98. The van der Waals surface area contributed by atoms with Crippen molar-refractivity contribution < 1.29 is 0 Å². The second-order valence-corrected chi connectivity index (χ2v) is 5.64. The first-order valence-corrected chi connectivity index (χ1v) is 6.83. The second-order valence-electron chi connectivity index (χ2n) is 4.21. The van der Waals surface area contributed by atoms with E-state index in [4.69, 9.17) is 11.6 Å². The van der Waals surface area contributed by atoms with Gasteiger partial charge in [-0.25, -0.2) is 4.98 Å². The highest BCUT2D eigenvalue weighted by Gasteiger charge is 2.11. The van der Waals surface area contributed by atoms with Crippen LogP contribution in [0.15, 0.2) is 36.4 Å². The van der Waals surface area contributed by atoms with Crippen LogP contribution in [0.5, 0.6) is 0 Å². The predicted molar refractivity (Wildman–Crippen MR) is 79.3 cm³/mol. The molecule has 1 heterocycles. The van der Waals surface area contributed by atoms with Crippen molar-refractivity contribution in [2.75, 3.05) is 0 Å². The molecule has 3 heteroatoms. The standard InChI is InChI=1S/C15H11ClNS/c1-9-7-8-13-14(10(9)2)17-15(18-13)11-5-3-4-6-12(11)16/h3-8H,2H2,1H3. The zero-order valence-electron chi connectivity index (χ0n) is 9.90. The SMILES string of the molecule is [CH2]c1c(C)ccc2sc(-c3ccccc3Cl)nc12. The quantitative estimate of drug-likeness (QED) is 0.600.